The maximum Gasteiger partial charge on any atom is 0.235 e. The van der Waals surface area contributed by atoms with Crippen LogP contribution in [0.2, 0.25) is 0 Å². The molecule has 3 rings (SSSR count). The molecular weight excluding hydrogens is 282 g/mol. The fourth-order valence-corrected chi connectivity index (χ4v) is 1.97. The van der Waals surface area contributed by atoms with E-state index in [-0.39, 0.29) is 12.7 Å². The minimum Gasteiger partial charge on any atom is -0.481 e. The van der Waals surface area contributed by atoms with Gasteiger partial charge in [0.05, 0.1) is 18.8 Å². The number of hydrogen-bond donors (Lipinski definition) is 0. The standard InChI is InChI=1S/C16H13N3O3/c1-2-7-20-13-5-3-12(4-6-13)15-8-16(19-22-15)21-14-9-17-11-18-10-14/h1,3-6,9-11,15H,7-8H2/t15-/m1/s1. The van der Waals surface area contributed by atoms with Crippen LogP contribution in [0.4, 0.5) is 0 Å². The third kappa shape index (κ3) is 3.33. The Morgan fingerprint density at radius 3 is 2.68 bits per heavy atom. The Morgan fingerprint density at radius 2 is 1.95 bits per heavy atom. The molecule has 0 aliphatic carbocycles. The van der Waals surface area contributed by atoms with Gasteiger partial charge < -0.3 is 14.3 Å². The van der Waals surface area contributed by atoms with Crippen molar-refractivity contribution in [1.82, 2.24) is 9.97 Å². The Kier molecular flexibility index (Phi) is 4.16. The second-order valence-electron chi connectivity index (χ2n) is 4.52. The van der Waals surface area contributed by atoms with E-state index in [2.05, 4.69) is 21.0 Å². The molecule has 0 radical (unpaired) electrons. The molecule has 0 saturated carbocycles. The Balaban J connectivity index is 1.58. The number of aromatic nitrogens is 2. The first kappa shape index (κ1) is 13.9. The van der Waals surface area contributed by atoms with Crippen molar-refractivity contribution >= 4 is 5.90 Å². The SMILES string of the molecule is C#CCOc1ccc([C@H]2CC(Oc3cncnc3)=NO2)cc1. The summed E-state index contributed by atoms with van der Waals surface area (Å²) in [6, 6.07) is 7.53. The lowest BCUT2D eigenvalue weighted by molar-refractivity contribution is 0.0855. The van der Waals surface area contributed by atoms with Gasteiger partial charge in [-0.05, 0) is 17.7 Å². The predicted molar refractivity (Wildman–Crippen MR) is 79.3 cm³/mol. The summed E-state index contributed by atoms with van der Waals surface area (Å²) in [6.07, 6.45) is 10.1. The number of terminal acetylenes is 1. The minimum absolute atomic E-state index is 0.179. The summed E-state index contributed by atoms with van der Waals surface area (Å²) in [5.41, 5.74) is 0.986. The van der Waals surface area contributed by atoms with E-state index in [4.69, 9.17) is 20.7 Å². The van der Waals surface area contributed by atoms with Gasteiger partial charge in [0, 0.05) is 0 Å². The summed E-state index contributed by atoms with van der Waals surface area (Å²) < 4.78 is 10.9. The molecule has 1 atom stereocenters. The first-order chi connectivity index (χ1) is 10.8. The van der Waals surface area contributed by atoms with E-state index in [0.717, 1.165) is 11.3 Å². The highest BCUT2D eigenvalue weighted by Gasteiger charge is 2.24. The molecule has 0 unspecified atom stereocenters. The molecule has 0 spiro atoms. The lowest BCUT2D eigenvalue weighted by Gasteiger charge is -2.09. The molecule has 0 fully saturated rings. The van der Waals surface area contributed by atoms with Crippen molar-refractivity contribution in [2.75, 3.05) is 6.61 Å². The van der Waals surface area contributed by atoms with E-state index in [1.165, 1.54) is 6.33 Å². The largest absolute Gasteiger partial charge is 0.481 e. The number of rotatable bonds is 4. The van der Waals surface area contributed by atoms with Crippen molar-refractivity contribution in [3.63, 3.8) is 0 Å². The number of oxime groups is 1. The maximum atomic E-state index is 5.56. The van der Waals surface area contributed by atoms with Crippen LogP contribution in [0.25, 0.3) is 0 Å². The van der Waals surface area contributed by atoms with Crippen LogP contribution in [-0.2, 0) is 4.84 Å². The van der Waals surface area contributed by atoms with Gasteiger partial charge in [0.15, 0.2) is 11.9 Å². The lowest BCUT2D eigenvalue weighted by Crippen LogP contribution is -2.07. The van der Waals surface area contributed by atoms with E-state index < -0.39 is 0 Å². The van der Waals surface area contributed by atoms with Crippen molar-refractivity contribution in [3.8, 4) is 23.8 Å². The van der Waals surface area contributed by atoms with Gasteiger partial charge in [0.2, 0.25) is 5.90 Å². The third-order valence-electron chi connectivity index (χ3n) is 2.99. The van der Waals surface area contributed by atoms with E-state index in [1.54, 1.807) is 12.4 Å². The molecule has 110 valence electrons. The highest BCUT2D eigenvalue weighted by atomic mass is 16.7. The molecule has 1 aliphatic rings. The van der Waals surface area contributed by atoms with Gasteiger partial charge in [-0.3, -0.25) is 0 Å². The van der Waals surface area contributed by atoms with Crippen molar-refractivity contribution in [2.45, 2.75) is 12.5 Å². The van der Waals surface area contributed by atoms with Crippen LogP contribution in [0.15, 0.2) is 48.1 Å². The number of nitrogens with zero attached hydrogens (tertiary/aromatic N) is 3. The minimum atomic E-state index is -0.179. The fourth-order valence-electron chi connectivity index (χ4n) is 1.97. The van der Waals surface area contributed by atoms with Crippen molar-refractivity contribution < 1.29 is 14.3 Å². The van der Waals surface area contributed by atoms with Gasteiger partial charge in [-0.2, -0.15) is 0 Å². The molecule has 0 bridgehead atoms. The topological polar surface area (TPSA) is 65.8 Å². The van der Waals surface area contributed by atoms with Crippen LogP contribution < -0.4 is 9.47 Å². The molecule has 1 aliphatic heterocycles. The number of benzene rings is 1. The highest BCUT2D eigenvalue weighted by Crippen LogP contribution is 2.29. The van der Waals surface area contributed by atoms with E-state index in [1.807, 2.05) is 24.3 Å². The molecule has 1 aromatic carbocycles. The van der Waals surface area contributed by atoms with Gasteiger partial charge in [0.1, 0.15) is 18.7 Å². The summed E-state index contributed by atoms with van der Waals surface area (Å²) in [7, 11) is 0. The molecular formula is C16H13N3O3. The molecule has 0 saturated heterocycles. The molecule has 0 N–H and O–H groups in total. The molecule has 1 aromatic heterocycles. The van der Waals surface area contributed by atoms with E-state index >= 15 is 0 Å². The van der Waals surface area contributed by atoms with Crippen LogP contribution in [-0.4, -0.2) is 22.5 Å². The predicted octanol–water partition coefficient (Wildman–Crippen LogP) is 2.34. The second kappa shape index (κ2) is 6.59. The average Bonchev–Trinajstić information content (AvgIpc) is 3.03. The molecule has 2 aromatic rings. The van der Waals surface area contributed by atoms with Gasteiger partial charge >= 0.3 is 0 Å². The Labute approximate surface area is 127 Å². The first-order valence-corrected chi connectivity index (χ1v) is 6.67. The van der Waals surface area contributed by atoms with E-state index in [0.29, 0.717) is 18.1 Å². The summed E-state index contributed by atoms with van der Waals surface area (Å²) in [5, 5.41) is 3.94. The van der Waals surface area contributed by atoms with Crippen LogP contribution in [0.3, 0.4) is 0 Å². The van der Waals surface area contributed by atoms with Gasteiger partial charge in [-0.25, -0.2) is 9.97 Å². The quantitative estimate of drug-likeness (QED) is 0.810. The van der Waals surface area contributed by atoms with Gasteiger partial charge in [-0.1, -0.05) is 23.2 Å². The van der Waals surface area contributed by atoms with Crippen LogP contribution in [0.1, 0.15) is 18.1 Å². The average molecular weight is 295 g/mol. The lowest BCUT2D eigenvalue weighted by atomic mass is 10.1. The summed E-state index contributed by atoms with van der Waals surface area (Å²) in [6.45, 7) is 0.250. The zero-order valence-electron chi connectivity index (χ0n) is 11.7. The fraction of sp³-hybridized carbons (Fsp3) is 0.188. The molecule has 6 heteroatoms. The first-order valence-electron chi connectivity index (χ1n) is 6.67. The highest BCUT2D eigenvalue weighted by molar-refractivity contribution is 5.79. The van der Waals surface area contributed by atoms with Gasteiger partial charge in [-0.15, -0.1) is 6.42 Å². The van der Waals surface area contributed by atoms with Gasteiger partial charge in [0.25, 0.3) is 0 Å². The molecule has 0 amide bonds. The van der Waals surface area contributed by atoms with Crippen LogP contribution >= 0.6 is 0 Å². The summed E-state index contributed by atoms with van der Waals surface area (Å²) in [4.78, 5) is 13.2. The Morgan fingerprint density at radius 1 is 1.18 bits per heavy atom. The normalized spacial score (nSPS) is 16.3. The Bertz CT molecular complexity index is 693. The smallest absolute Gasteiger partial charge is 0.235 e. The zero-order chi connectivity index (χ0) is 15.2. The van der Waals surface area contributed by atoms with Crippen LogP contribution in [0, 0.1) is 12.3 Å². The number of hydrogen-bond acceptors (Lipinski definition) is 6. The molecule has 2 heterocycles. The number of ether oxygens (including phenoxy) is 2. The van der Waals surface area contributed by atoms with E-state index in [9.17, 15) is 0 Å². The second-order valence-corrected chi connectivity index (χ2v) is 4.52. The summed E-state index contributed by atoms with van der Waals surface area (Å²) >= 11 is 0. The van der Waals surface area contributed by atoms with Crippen molar-refractivity contribution in [3.05, 3.63) is 48.5 Å². The van der Waals surface area contributed by atoms with Crippen molar-refractivity contribution in [1.29, 1.82) is 0 Å². The monoisotopic (exact) mass is 295 g/mol. The van der Waals surface area contributed by atoms with Crippen molar-refractivity contribution in [2.24, 2.45) is 5.16 Å². The van der Waals surface area contributed by atoms with Crippen LogP contribution in [0.5, 0.6) is 11.5 Å². The maximum absolute atomic E-state index is 5.56. The Hall–Kier alpha value is -3.07. The zero-order valence-corrected chi connectivity index (χ0v) is 11.7. The molecule has 22 heavy (non-hydrogen) atoms. The third-order valence-corrected chi connectivity index (χ3v) is 2.99. The molecule has 6 nitrogen and oxygen atoms in total. The summed E-state index contributed by atoms with van der Waals surface area (Å²) in [5.74, 6) is 4.17.